The van der Waals surface area contributed by atoms with Crippen LogP contribution in [0.2, 0.25) is 0 Å². The molecule has 4 rings (SSSR count). The third kappa shape index (κ3) is 3.98. The van der Waals surface area contributed by atoms with Crippen LogP contribution in [-0.4, -0.2) is 69.3 Å². The summed E-state index contributed by atoms with van der Waals surface area (Å²) in [7, 11) is 1.15. The largest absolute Gasteiger partial charge is 0.481 e. The van der Waals surface area contributed by atoms with Crippen molar-refractivity contribution in [3.8, 4) is 11.8 Å². The average molecular weight is 427 g/mol. The second-order valence-electron chi connectivity index (χ2n) is 7.06. The molecule has 0 bridgehead atoms. The zero-order chi connectivity index (χ0) is 21.5. The second kappa shape index (κ2) is 7.85. The number of likely N-dealkylation sites (tertiary alicyclic amines) is 1. The van der Waals surface area contributed by atoms with Gasteiger partial charge in [0.25, 0.3) is 0 Å². The van der Waals surface area contributed by atoms with Crippen LogP contribution < -0.4 is 14.4 Å². The van der Waals surface area contributed by atoms with Crippen molar-refractivity contribution in [3.05, 3.63) is 35.4 Å². The molecule has 0 aliphatic carbocycles. The topological polar surface area (TPSA) is 104 Å². The quantitative estimate of drug-likeness (QED) is 0.671. The lowest BCUT2D eigenvalue weighted by atomic mass is 10.1. The highest BCUT2D eigenvalue weighted by Gasteiger charge is 2.37. The molecule has 0 atom stereocenters. The fourth-order valence-corrected chi connectivity index (χ4v) is 3.51. The van der Waals surface area contributed by atoms with Crippen molar-refractivity contribution in [2.75, 3.05) is 31.6 Å². The highest BCUT2D eigenvalue weighted by atomic mass is 19.4. The van der Waals surface area contributed by atoms with Gasteiger partial charge in [-0.05, 0) is 6.07 Å². The van der Waals surface area contributed by atoms with Crippen molar-refractivity contribution in [3.63, 3.8) is 0 Å². The van der Waals surface area contributed by atoms with Crippen LogP contribution in [0.3, 0.4) is 0 Å². The molecule has 0 saturated carbocycles. The Balaban J connectivity index is 1.55. The lowest BCUT2D eigenvalue weighted by molar-refractivity contribution is -0.199. The molecule has 162 valence electrons. The highest BCUT2D eigenvalue weighted by Crippen LogP contribution is 2.38. The number of hydrogen-bond donors (Lipinski definition) is 2. The molecular weight excluding hydrogens is 407 g/mol. The zero-order valence-corrected chi connectivity index (χ0v) is 16.0. The van der Waals surface area contributed by atoms with Crippen LogP contribution in [-0.2, 0) is 19.1 Å². The molecule has 0 spiro atoms. The van der Waals surface area contributed by atoms with E-state index in [1.807, 2.05) is 0 Å². The van der Waals surface area contributed by atoms with Crippen molar-refractivity contribution in [1.82, 2.24) is 19.9 Å². The molecule has 0 radical (unpaired) electrons. The maximum Gasteiger partial charge on any atom is 0.421 e. The van der Waals surface area contributed by atoms with Crippen LogP contribution in [0.1, 0.15) is 16.8 Å². The summed E-state index contributed by atoms with van der Waals surface area (Å²) >= 11 is 0. The van der Waals surface area contributed by atoms with Crippen LogP contribution in [0.5, 0.6) is 11.8 Å². The van der Waals surface area contributed by atoms with Crippen LogP contribution in [0.4, 0.5) is 18.9 Å². The first kappa shape index (κ1) is 20.6. The Labute approximate surface area is 169 Å². The van der Waals surface area contributed by atoms with Crippen molar-refractivity contribution in [2.45, 2.75) is 31.7 Å². The molecular formula is C18H20F3N5O4. The van der Waals surface area contributed by atoms with Gasteiger partial charge in [0, 0.05) is 26.1 Å². The summed E-state index contributed by atoms with van der Waals surface area (Å²) in [6.45, 7) is 1.38. The van der Waals surface area contributed by atoms with Gasteiger partial charge < -0.3 is 24.6 Å². The van der Waals surface area contributed by atoms with E-state index in [0.717, 1.165) is 18.9 Å². The smallest absolute Gasteiger partial charge is 0.421 e. The maximum atomic E-state index is 13.3. The standard InChI is InChI=1S/C18H20F3N5O4/c1-29-16-13(18(19,20)21)4-10(5-22-16)25-3-2-14-12(8-25)15(24-9-23-14)30-11-6-26(7-11)17(27)28/h4-5,9,11,17,27-28H,2-3,6-8H2,1H3. The number of rotatable bonds is 5. The fraction of sp³-hybridized carbons (Fsp3) is 0.500. The Hall–Kier alpha value is -2.70. The summed E-state index contributed by atoms with van der Waals surface area (Å²) in [4.78, 5) is 15.4. The first-order valence-corrected chi connectivity index (χ1v) is 9.22. The Bertz CT molecular complexity index is 921. The molecule has 9 nitrogen and oxygen atoms in total. The molecule has 2 aromatic rings. The number of alkyl halides is 3. The minimum Gasteiger partial charge on any atom is -0.481 e. The molecule has 12 heteroatoms. The lowest BCUT2D eigenvalue weighted by Gasteiger charge is -2.40. The van der Waals surface area contributed by atoms with Gasteiger partial charge in [0.2, 0.25) is 18.2 Å². The number of pyridine rings is 1. The van der Waals surface area contributed by atoms with Gasteiger partial charge in [0.05, 0.1) is 36.8 Å². The number of halogens is 3. The van der Waals surface area contributed by atoms with Gasteiger partial charge >= 0.3 is 6.18 Å². The van der Waals surface area contributed by atoms with E-state index >= 15 is 0 Å². The molecule has 30 heavy (non-hydrogen) atoms. The third-order valence-corrected chi connectivity index (χ3v) is 5.14. The summed E-state index contributed by atoms with van der Waals surface area (Å²) in [5, 5.41) is 18.2. The monoisotopic (exact) mass is 427 g/mol. The molecule has 2 N–H and O–H groups in total. The van der Waals surface area contributed by atoms with Crippen molar-refractivity contribution < 1.29 is 32.9 Å². The number of aliphatic hydroxyl groups excluding tert-OH is 1. The summed E-state index contributed by atoms with van der Waals surface area (Å²) in [5.41, 5.74) is 0.830. The van der Waals surface area contributed by atoms with Crippen LogP contribution >= 0.6 is 0 Å². The molecule has 1 fully saturated rings. The van der Waals surface area contributed by atoms with E-state index in [1.54, 1.807) is 4.90 Å². The normalized spacial score (nSPS) is 17.6. The van der Waals surface area contributed by atoms with E-state index in [4.69, 9.17) is 19.7 Å². The Morgan fingerprint density at radius 2 is 1.93 bits per heavy atom. The predicted molar refractivity (Wildman–Crippen MR) is 96.8 cm³/mol. The first-order valence-electron chi connectivity index (χ1n) is 9.22. The van der Waals surface area contributed by atoms with Gasteiger partial charge in [-0.3, -0.25) is 0 Å². The predicted octanol–water partition coefficient (Wildman–Crippen LogP) is 0.793. The summed E-state index contributed by atoms with van der Waals surface area (Å²) in [5.74, 6) is -0.129. The van der Waals surface area contributed by atoms with Gasteiger partial charge in [-0.25, -0.2) is 19.9 Å². The number of nitrogens with zero attached hydrogens (tertiary/aromatic N) is 5. The number of methoxy groups -OCH3 is 1. The lowest BCUT2D eigenvalue weighted by Crippen LogP contribution is -2.57. The van der Waals surface area contributed by atoms with E-state index in [0.29, 0.717) is 43.2 Å². The number of fused-ring (bicyclic) bond motifs is 1. The van der Waals surface area contributed by atoms with Gasteiger partial charge in [-0.1, -0.05) is 0 Å². The van der Waals surface area contributed by atoms with Crippen molar-refractivity contribution in [1.29, 1.82) is 0 Å². The number of aliphatic hydroxyl groups is 2. The Morgan fingerprint density at radius 1 is 1.17 bits per heavy atom. The number of ether oxygens (including phenoxy) is 2. The summed E-state index contributed by atoms with van der Waals surface area (Å²) in [6.07, 6.45) is -3.15. The van der Waals surface area contributed by atoms with Crippen LogP contribution in [0.25, 0.3) is 0 Å². The average Bonchev–Trinajstić information content (AvgIpc) is 2.68. The SMILES string of the molecule is COc1ncc(N2CCc3ncnc(OC4CN(C(O)O)C4)c3C2)cc1C(F)(F)F. The Kier molecular flexibility index (Phi) is 5.38. The first-order chi connectivity index (χ1) is 14.3. The van der Waals surface area contributed by atoms with Crippen molar-refractivity contribution >= 4 is 5.69 Å². The van der Waals surface area contributed by atoms with Crippen molar-refractivity contribution in [2.24, 2.45) is 0 Å². The summed E-state index contributed by atoms with van der Waals surface area (Å²) in [6, 6.07) is 1.02. The molecule has 2 aliphatic rings. The molecule has 0 aromatic carbocycles. The minimum absolute atomic E-state index is 0.260. The van der Waals surface area contributed by atoms with Gasteiger partial charge in [0.15, 0.2) is 0 Å². The molecule has 0 amide bonds. The Morgan fingerprint density at radius 3 is 2.60 bits per heavy atom. The van der Waals surface area contributed by atoms with Crippen LogP contribution in [0.15, 0.2) is 18.6 Å². The molecule has 1 saturated heterocycles. The third-order valence-electron chi connectivity index (χ3n) is 5.14. The van der Waals surface area contributed by atoms with E-state index in [1.165, 1.54) is 17.4 Å². The zero-order valence-electron chi connectivity index (χ0n) is 16.0. The van der Waals surface area contributed by atoms with E-state index in [2.05, 4.69) is 15.0 Å². The molecule has 2 aromatic heterocycles. The van der Waals surface area contributed by atoms with Gasteiger partial charge in [0.1, 0.15) is 18.0 Å². The number of hydrogen-bond acceptors (Lipinski definition) is 9. The number of aromatic nitrogens is 3. The second-order valence-corrected chi connectivity index (χ2v) is 7.06. The van der Waals surface area contributed by atoms with Gasteiger partial charge in [-0.2, -0.15) is 13.2 Å². The summed E-state index contributed by atoms with van der Waals surface area (Å²) < 4.78 is 50.7. The van der Waals surface area contributed by atoms with E-state index in [9.17, 15) is 13.2 Å². The van der Waals surface area contributed by atoms with E-state index in [-0.39, 0.29) is 12.6 Å². The molecule has 0 unspecified atom stereocenters. The number of anilines is 1. The molecule has 2 aliphatic heterocycles. The highest BCUT2D eigenvalue weighted by molar-refractivity contribution is 5.53. The van der Waals surface area contributed by atoms with Gasteiger partial charge in [-0.15, -0.1) is 0 Å². The van der Waals surface area contributed by atoms with E-state index < -0.39 is 24.0 Å². The molecule has 4 heterocycles. The minimum atomic E-state index is -4.59. The fourth-order valence-electron chi connectivity index (χ4n) is 3.51. The maximum absolute atomic E-state index is 13.3. The van der Waals surface area contributed by atoms with Crippen LogP contribution in [0, 0.1) is 0 Å².